The fourth-order valence-corrected chi connectivity index (χ4v) is 4.30. The van der Waals surface area contributed by atoms with Crippen LogP contribution in [0.5, 0.6) is 0 Å². The van der Waals surface area contributed by atoms with E-state index in [1.807, 2.05) is 60.7 Å². The first-order valence-electron chi connectivity index (χ1n) is 10.7. The van der Waals surface area contributed by atoms with Gasteiger partial charge in [-0.3, -0.25) is 4.79 Å². The summed E-state index contributed by atoms with van der Waals surface area (Å²) in [6.07, 6.45) is 0. The van der Waals surface area contributed by atoms with E-state index >= 15 is 0 Å². The summed E-state index contributed by atoms with van der Waals surface area (Å²) in [4.78, 5) is 13.4. The van der Waals surface area contributed by atoms with Gasteiger partial charge in [0.1, 0.15) is 12.5 Å². The van der Waals surface area contributed by atoms with Gasteiger partial charge in [-0.15, -0.1) is 0 Å². The minimum absolute atomic E-state index is 0.240. The molecule has 4 aromatic rings. The second-order valence-electron chi connectivity index (χ2n) is 7.98. The summed E-state index contributed by atoms with van der Waals surface area (Å²) in [5, 5.41) is 0. The molecule has 162 valence electrons. The summed E-state index contributed by atoms with van der Waals surface area (Å²) in [5.41, 5.74) is 6.32. The number of rotatable bonds is 7. The van der Waals surface area contributed by atoms with Gasteiger partial charge in [0, 0.05) is 22.4 Å². The van der Waals surface area contributed by atoms with Crippen molar-refractivity contribution in [1.82, 2.24) is 4.57 Å². The van der Waals surface area contributed by atoms with Crippen LogP contribution in [0.2, 0.25) is 0 Å². The molecule has 0 fully saturated rings. The molecule has 0 aliphatic rings. The molecule has 0 radical (unpaired) electrons. The molecule has 4 rings (SSSR count). The van der Waals surface area contributed by atoms with Gasteiger partial charge in [0.25, 0.3) is 0 Å². The van der Waals surface area contributed by atoms with Gasteiger partial charge in [0.15, 0.2) is 0 Å². The summed E-state index contributed by atoms with van der Waals surface area (Å²) >= 11 is 3.50. The monoisotopic (exact) mass is 487 g/mol. The molecular weight excluding hydrogens is 462 g/mol. The van der Waals surface area contributed by atoms with Crippen LogP contribution in [0.15, 0.2) is 95.5 Å². The van der Waals surface area contributed by atoms with Crippen LogP contribution in [-0.2, 0) is 22.7 Å². The number of halogens is 1. The molecule has 3 aromatic carbocycles. The van der Waals surface area contributed by atoms with Crippen LogP contribution < -0.4 is 0 Å². The van der Waals surface area contributed by atoms with Gasteiger partial charge in [-0.2, -0.15) is 0 Å². The summed E-state index contributed by atoms with van der Waals surface area (Å²) in [6.45, 7) is 5.20. The molecule has 32 heavy (non-hydrogen) atoms. The molecule has 0 spiro atoms. The lowest BCUT2D eigenvalue weighted by Gasteiger charge is -2.18. The number of aromatic nitrogens is 1. The zero-order valence-electron chi connectivity index (χ0n) is 18.3. The van der Waals surface area contributed by atoms with Crippen LogP contribution >= 0.6 is 15.9 Å². The fourth-order valence-electron chi connectivity index (χ4n) is 4.04. The van der Waals surface area contributed by atoms with Crippen molar-refractivity contribution in [3.8, 4) is 0 Å². The Hall–Kier alpha value is -3.11. The van der Waals surface area contributed by atoms with E-state index in [0.29, 0.717) is 0 Å². The van der Waals surface area contributed by atoms with Gasteiger partial charge in [-0.1, -0.05) is 88.7 Å². The lowest BCUT2D eigenvalue weighted by atomic mass is 9.91. The zero-order valence-corrected chi connectivity index (χ0v) is 19.9. The van der Waals surface area contributed by atoms with Crippen LogP contribution in [0.4, 0.5) is 0 Å². The maximum Gasteiger partial charge on any atom is 0.318 e. The highest BCUT2D eigenvalue weighted by atomic mass is 79.9. The van der Waals surface area contributed by atoms with Gasteiger partial charge in [0.2, 0.25) is 0 Å². The Bertz CT molecular complexity index is 1180. The molecule has 3 nitrogen and oxygen atoms in total. The van der Waals surface area contributed by atoms with Crippen molar-refractivity contribution in [1.29, 1.82) is 0 Å². The molecule has 1 heterocycles. The standard InChI is InChI=1S/C28H26BrNO2/c1-20-17-26(21(2)30(20)18-22-9-5-3-6-10-22)27(24-13-15-25(29)16-14-24)28(31)32-19-23-11-7-4-8-12-23/h3-17,27H,18-19H2,1-2H3/t27-/m1/s1. The topological polar surface area (TPSA) is 31.2 Å². The van der Waals surface area contributed by atoms with Crippen molar-refractivity contribution in [2.24, 2.45) is 0 Å². The molecule has 0 N–H and O–H groups in total. The fraction of sp³-hybridized carbons (Fsp3) is 0.179. The molecule has 0 saturated heterocycles. The van der Waals surface area contributed by atoms with Crippen molar-refractivity contribution in [3.05, 3.63) is 129 Å². The molecule has 0 aliphatic carbocycles. The number of aryl methyl sites for hydroxylation is 1. The second-order valence-corrected chi connectivity index (χ2v) is 8.89. The average Bonchev–Trinajstić information content (AvgIpc) is 3.08. The average molecular weight is 488 g/mol. The highest BCUT2D eigenvalue weighted by Crippen LogP contribution is 2.32. The van der Waals surface area contributed by atoms with Crippen LogP contribution in [-0.4, -0.2) is 10.5 Å². The number of hydrogen-bond acceptors (Lipinski definition) is 2. The van der Waals surface area contributed by atoms with E-state index in [1.54, 1.807) is 0 Å². The van der Waals surface area contributed by atoms with Crippen LogP contribution in [0.1, 0.15) is 39.6 Å². The number of hydrogen-bond donors (Lipinski definition) is 0. The van der Waals surface area contributed by atoms with Crippen molar-refractivity contribution in [3.63, 3.8) is 0 Å². The summed E-state index contributed by atoms with van der Waals surface area (Å²) in [7, 11) is 0. The first-order chi connectivity index (χ1) is 15.5. The lowest BCUT2D eigenvalue weighted by Crippen LogP contribution is -2.18. The predicted octanol–water partition coefficient (Wildman–Crippen LogP) is 6.79. The van der Waals surface area contributed by atoms with E-state index in [9.17, 15) is 4.79 Å². The summed E-state index contributed by atoms with van der Waals surface area (Å²) < 4.78 is 9.04. The van der Waals surface area contributed by atoms with E-state index in [4.69, 9.17) is 4.74 Å². The van der Waals surface area contributed by atoms with E-state index in [1.165, 1.54) is 5.56 Å². The summed E-state index contributed by atoms with van der Waals surface area (Å²) in [5.74, 6) is -0.723. The molecular formula is C28H26BrNO2. The Balaban J connectivity index is 1.67. The third kappa shape index (κ3) is 5.03. The van der Waals surface area contributed by atoms with Crippen molar-refractivity contribution >= 4 is 21.9 Å². The number of benzene rings is 3. The normalized spacial score (nSPS) is 11.8. The van der Waals surface area contributed by atoms with Crippen LogP contribution in [0.3, 0.4) is 0 Å². The van der Waals surface area contributed by atoms with Crippen LogP contribution in [0.25, 0.3) is 0 Å². The van der Waals surface area contributed by atoms with Gasteiger partial charge >= 0.3 is 5.97 Å². The first-order valence-corrected chi connectivity index (χ1v) is 11.5. The number of carbonyl (C=O) groups is 1. The Kier molecular flexibility index (Phi) is 6.91. The Morgan fingerprint density at radius 2 is 1.47 bits per heavy atom. The van der Waals surface area contributed by atoms with Gasteiger partial charge in [0.05, 0.1) is 0 Å². The number of carbonyl (C=O) groups excluding carboxylic acids is 1. The summed E-state index contributed by atoms with van der Waals surface area (Å²) in [6, 6.07) is 30.2. The molecule has 0 bridgehead atoms. The smallest absolute Gasteiger partial charge is 0.318 e. The SMILES string of the molecule is Cc1cc([C@H](C(=O)OCc2ccccc2)c2ccc(Br)cc2)c(C)n1Cc1ccccc1. The third-order valence-corrected chi connectivity index (χ3v) is 6.30. The van der Waals surface area contributed by atoms with Crippen LogP contribution in [0, 0.1) is 13.8 Å². The van der Waals surface area contributed by atoms with E-state index in [0.717, 1.165) is 39.1 Å². The highest BCUT2D eigenvalue weighted by Gasteiger charge is 2.28. The molecule has 0 saturated carbocycles. The Morgan fingerprint density at radius 3 is 2.09 bits per heavy atom. The highest BCUT2D eigenvalue weighted by molar-refractivity contribution is 9.10. The largest absolute Gasteiger partial charge is 0.460 e. The maximum atomic E-state index is 13.4. The minimum atomic E-state index is -0.484. The Morgan fingerprint density at radius 1 is 0.875 bits per heavy atom. The molecule has 1 atom stereocenters. The van der Waals surface area contributed by atoms with Crippen molar-refractivity contribution < 1.29 is 9.53 Å². The Labute approximate surface area is 197 Å². The van der Waals surface area contributed by atoms with E-state index in [2.05, 4.69) is 64.7 Å². The minimum Gasteiger partial charge on any atom is -0.460 e. The first kappa shape index (κ1) is 22.1. The lowest BCUT2D eigenvalue weighted by molar-refractivity contribution is -0.145. The number of nitrogens with zero attached hydrogens (tertiary/aromatic N) is 1. The maximum absolute atomic E-state index is 13.4. The van der Waals surface area contributed by atoms with E-state index < -0.39 is 5.92 Å². The van der Waals surface area contributed by atoms with Crippen molar-refractivity contribution in [2.45, 2.75) is 32.9 Å². The van der Waals surface area contributed by atoms with E-state index in [-0.39, 0.29) is 12.6 Å². The molecule has 4 heteroatoms. The van der Waals surface area contributed by atoms with Gasteiger partial charge in [-0.25, -0.2) is 0 Å². The van der Waals surface area contributed by atoms with Gasteiger partial charge in [-0.05, 0) is 54.3 Å². The molecule has 0 unspecified atom stereocenters. The number of ether oxygens (including phenoxy) is 1. The zero-order chi connectivity index (χ0) is 22.5. The molecule has 1 aromatic heterocycles. The third-order valence-electron chi connectivity index (χ3n) is 5.77. The quantitative estimate of drug-likeness (QED) is 0.268. The molecule has 0 amide bonds. The second kappa shape index (κ2) is 10.0. The predicted molar refractivity (Wildman–Crippen MR) is 132 cm³/mol. The molecule has 0 aliphatic heterocycles. The van der Waals surface area contributed by atoms with Crippen molar-refractivity contribution in [2.75, 3.05) is 0 Å². The number of esters is 1. The van der Waals surface area contributed by atoms with Gasteiger partial charge < -0.3 is 9.30 Å².